The number of Topliss-reactive ketones (excluding diaryl/α,β-unsaturated/α-hetero) is 1. The molecular formula is C16H13Br2N3O. The van der Waals surface area contributed by atoms with Gasteiger partial charge in [0.05, 0.1) is 6.20 Å². The zero-order valence-corrected chi connectivity index (χ0v) is 14.8. The summed E-state index contributed by atoms with van der Waals surface area (Å²) in [6.45, 7) is 0. The number of rotatable bonds is 1. The van der Waals surface area contributed by atoms with Crippen LogP contribution in [0.5, 0.6) is 0 Å². The Hall–Kier alpha value is -1.40. The molecule has 1 atom stereocenters. The largest absolute Gasteiger partial charge is 0.343 e. The van der Waals surface area contributed by atoms with E-state index in [1.165, 1.54) is 0 Å². The van der Waals surface area contributed by atoms with Gasteiger partial charge in [-0.25, -0.2) is 4.68 Å². The van der Waals surface area contributed by atoms with Crippen molar-refractivity contribution in [2.24, 2.45) is 0 Å². The van der Waals surface area contributed by atoms with Crippen LogP contribution in [0.4, 0.5) is 5.82 Å². The Morgan fingerprint density at radius 3 is 2.95 bits per heavy atom. The van der Waals surface area contributed by atoms with E-state index in [1.807, 2.05) is 28.9 Å². The lowest BCUT2D eigenvalue weighted by atomic mass is 9.85. The molecule has 2 heterocycles. The first-order valence-corrected chi connectivity index (χ1v) is 8.76. The molecule has 4 nitrogen and oxygen atoms in total. The normalized spacial score (nSPS) is 20.5. The molecular weight excluding hydrogens is 410 g/mol. The van der Waals surface area contributed by atoms with Gasteiger partial charge in [0.2, 0.25) is 0 Å². The van der Waals surface area contributed by atoms with Crippen molar-refractivity contribution in [1.29, 1.82) is 0 Å². The summed E-state index contributed by atoms with van der Waals surface area (Å²) in [5.74, 6) is 1.15. The molecule has 1 unspecified atom stereocenters. The van der Waals surface area contributed by atoms with Gasteiger partial charge in [-0.3, -0.25) is 4.79 Å². The number of allylic oxidation sites excluding steroid dienone is 2. The van der Waals surface area contributed by atoms with Gasteiger partial charge in [0.1, 0.15) is 11.9 Å². The third-order valence-corrected chi connectivity index (χ3v) is 6.28. The molecule has 0 radical (unpaired) electrons. The van der Waals surface area contributed by atoms with Gasteiger partial charge in [-0.2, -0.15) is 5.10 Å². The smallest absolute Gasteiger partial charge is 0.163 e. The van der Waals surface area contributed by atoms with Crippen LogP contribution in [0.15, 0.2) is 50.7 Å². The number of fused-ring (bicyclic) bond motifs is 1. The molecule has 1 aliphatic heterocycles. The Bertz CT molecular complexity index is 809. The van der Waals surface area contributed by atoms with Crippen molar-refractivity contribution >= 4 is 43.5 Å². The molecule has 1 aromatic heterocycles. The molecule has 2 aromatic rings. The number of nitrogens with one attached hydrogen (secondary N) is 1. The fourth-order valence-electron chi connectivity index (χ4n) is 3.23. The number of halogens is 2. The van der Waals surface area contributed by atoms with Crippen molar-refractivity contribution in [3.05, 3.63) is 56.2 Å². The Morgan fingerprint density at radius 2 is 2.09 bits per heavy atom. The minimum atomic E-state index is -0.180. The monoisotopic (exact) mass is 421 g/mol. The van der Waals surface area contributed by atoms with Crippen molar-refractivity contribution in [2.75, 3.05) is 5.32 Å². The molecule has 0 fully saturated rings. The van der Waals surface area contributed by atoms with Crippen molar-refractivity contribution < 1.29 is 4.79 Å². The zero-order chi connectivity index (χ0) is 15.3. The Kier molecular flexibility index (Phi) is 3.46. The van der Waals surface area contributed by atoms with E-state index in [-0.39, 0.29) is 11.8 Å². The molecule has 1 aromatic carbocycles. The van der Waals surface area contributed by atoms with E-state index in [0.717, 1.165) is 44.4 Å². The molecule has 1 N–H and O–H groups in total. The first-order valence-electron chi connectivity index (χ1n) is 7.17. The molecule has 0 saturated heterocycles. The topological polar surface area (TPSA) is 46.9 Å². The van der Waals surface area contributed by atoms with E-state index in [9.17, 15) is 4.79 Å². The highest BCUT2D eigenvalue weighted by molar-refractivity contribution is 9.13. The maximum atomic E-state index is 12.6. The van der Waals surface area contributed by atoms with Crippen LogP contribution in [0, 0.1) is 0 Å². The zero-order valence-electron chi connectivity index (χ0n) is 11.6. The predicted octanol–water partition coefficient (Wildman–Crippen LogP) is 4.43. The van der Waals surface area contributed by atoms with Crippen LogP contribution in [-0.4, -0.2) is 15.6 Å². The quantitative estimate of drug-likeness (QED) is 0.739. The molecule has 0 saturated carbocycles. The Balaban J connectivity index is 1.97. The van der Waals surface area contributed by atoms with Crippen LogP contribution in [0.1, 0.15) is 30.9 Å². The molecule has 112 valence electrons. The first-order chi connectivity index (χ1) is 10.7. The molecule has 0 spiro atoms. The summed E-state index contributed by atoms with van der Waals surface area (Å²) in [5.41, 5.74) is 2.94. The number of benzene rings is 1. The van der Waals surface area contributed by atoms with Crippen LogP contribution >= 0.6 is 31.9 Å². The summed E-state index contributed by atoms with van der Waals surface area (Å²) < 4.78 is 3.84. The second-order valence-corrected chi connectivity index (χ2v) is 7.15. The summed E-state index contributed by atoms with van der Waals surface area (Å²) >= 11 is 7.20. The second kappa shape index (κ2) is 5.35. The van der Waals surface area contributed by atoms with E-state index < -0.39 is 0 Å². The van der Waals surface area contributed by atoms with Crippen LogP contribution in [0.25, 0.3) is 0 Å². The minimum Gasteiger partial charge on any atom is -0.343 e. The number of ketones is 1. The van der Waals surface area contributed by atoms with E-state index in [0.29, 0.717) is 6.42 Å². The van der Waals surface area contributed by atoms with Crippen LogP contribution in [0.2, 0.25) is 0 Å². The summed E-state index contributed by atoms with van der Waals surface area (Å²) in [4.78, 5) is 12.6. The van der Waals surface area contributed by atoms with Crippen molar-refractivity contribution in [2.45, 2.75) is 25.3 Å². The van der Waals surface area contributed by atoms with Crippen molar-refractivity contribution in [1.82, 2.24) is 9.78 Å². The SMILES string of the molecule is O=C1CCCC2=C1C(c1cccc(Br)c1Br)n1nccc1N2. The van der Waals surface area contributed by atoms with Gasteiger partial charge in [-0.1, -0.05) is 12.1 Å². The summed E-state index contributed by atoms with van der Waals surface area (Å²) in [7, 11) is 0. The molecule has 6 heteroatoms. The van der Waals surface area contributed by atoms with Gasteiger partial charge < -0.3 is 5.32 Å². The van der Waals surface area contributed by atoms with Crippen LogP contribution in [-0.2, 0) is 4.79 Å². The average molecular weight is 423 g/mol. The standard InChI is InChI=1S/C16H13Br2N3O/c17-10-4-1-3-9(15(10)18)16-14-11(5-2-6-12(14)22)20-13-7-8-19-21(13)16/h1,3-4,7-8,16,20H,2,5-6H2. The maximum Gasteiger partial charge on any atom is 0.163 e. The third-order valence-electron chi connectivity index (χ3n) is 4.20. The highest BCUT2D eigenvalue weighted by Crippen LogP contribution is 2.43. The molecule has 0 bridgehead atoms. The average Bonchev–Trinajstić information content (AvgIpc) is 2.96. The lowest BCUT2D eigenvalue weighted by molar-refractivity contribution is -0.116. The Labute approximate surface area is 144 Å². The van der Waals surface area contributed by atoms with Crippen LogP contribution < -0.4 is 5.32 Å². The van der Waals surface area contributed by atoms with E-state index >= 15 is 0 Å². The number of anilines is 1. The van der Waals surface area contributed by atoms with Crippen molar-refractivity contribution in [3.8, 4) is 0 Å². The van der Waals surface area contributed by atoms with Crippen molar-refractivity contribution in [3.63, 3.8) is 0 Å². The highest BCUT2D eigenvalue weighted by atomic mass is 79.9. The van der Waals surface area contributed by atoms with E-state index in [1.54, 1.807) is 6.20 Å². The lowest BCUT2D eigenvalue weighted by Gasteiger charge is -2.33. The lowest BCUT2D eigenvalue weighted by Crippen LogP contribution is -2.31. The number of carbonyl (C=O) groups excluding carboxylic acids is 1. The molecule has 2 aliphatic rings. The number of carbonyl (C=O) groups is 1. The van der Waals surface area contributed by atoms with Gasteiger partial charge in [-0.15, -0.1) is 0 Å². The predicted molar refractivity (Wildman–Crippen MR) is 91.7 cm³/mol. The first kappa shape index (κ1) is 14.2. The van der Waals surface area contributed by atoms with Gasteiger partial charge in [0.25, 0.3) is 0 Å². The molecule has 4 rings (SSSR count). The summed E-state index contributed by atoms with van der Waals surface area (Å²) in [5, 5.41) is 7.82. The molecule has 0 amide bonds. The highest BCUT2D eigenvalue weighted by Gasteiger charge is 2.36. The third kappa shape index (κ3) is 2.08. The maximum absolute atomic E-state index is 12.6. The number of aromatic nitrogens is 2. The molecule has 1 aliphatic carbocycles. The fraction of sp³-hybridized carbons (Fsp3) is 0.250. The second-order valence-electron chi connectivity index (χ2n) is 5.50. The molecule has 22 heavy (non-hydrogen) atoms. The van der Waals surface area contributed by atoms with Gasteiger partial charge >= 0.3 is 0 Å². The minimum absolute atomic E-state index is 0.180. The Morgan fingerprint density at radius 1 is 1.23 bits per heavy atom. The summed E-state index contributed by atoms with van der Waals surface area (Å²) in [6, 6.07) is 7.78. The number of hydrogen-bond acceptors (Lipinski definition) is 3. The van der Waals surface area contributed by atoms with Gasteiger partial charge in [-0.05, 0) is 56.3 Å². The summed E-state index contributed by atoms with van der Waals surface area (Å²) in [6.07, 6.45) is 4.20. The fourth-order valence-corrected chi connectivity index (χ4v) is 4.09. The van der Waals surface area contributed by atoms with Gasteiger partial charge in [0.15, 0.2) is 5.78 Å². The van der Waals surface area contributed by atoms with Crippen LogP contribution in [0.3, 0.4) is 0 Å². The number of nitrogens with zero attached hydrogens (tertiary/aromatic N) is 2. The van der Waals surface area contributed by atoms with E-state index in [4.69, 9.17) is 0 Å². The number of hydrogen-bond donors (Lipinski definition) is 1. The van der Waals surface area contributed by atoms with Gasteiger partial charge in [0, 0.05) is 32.7 Å². The van der Waals surface area contributed by atoms with E-state index in [2.05, 4.69) is 42.3 Å².